The maximum absolute atomic E-state index is 13.3. The summed E-state index contributed by atoms with van der Waals surface area (Å²) in [7, 11) is 0. The van der Waals surface area contributed by atoms with E-state index >= 15 is 0 Å². The van der Waals surface area contributed by atoms with Crippen molar-refractivity contribution in [2.24, 2.45) is 11.7 Å². The number of ether oxygens (including phenoxy) is 1. The number of pyridine rings is 1. The fraction of sp³-hybridized carbons (Fsp3) is 0.356. The van der Waals surface area contributed by atoms with E-state index in [4.69, 9.17) is 14.9 Å². The van der Waals surface area contributed by atoms with Crippen LogP contribution in [0.25, 0.3) is 17.1 Å². The molecule has 3 aromatic heterocycles. The van der Waals surface area contributed by atoms with E-state index in [0.717, 1.165) is 61.1 Å². The van der Waals surface area contributed by atoms with Crippen LogP contribution in [0.15, 0.2) is 77.7 Å². The molecule has 1 aliphatic carbocycles. The highest BCUT2D eigenvalue weighted by Crippen LogP contribution is 2.31. The van der Waals surface area contributed by atoms with Crippen molar-refractivity contribution >= 4 is 46.9 Å². The molecule has 0 bridgehead atoms. The predicted molar refractivity (Wildman–Crippen MR) is 225 cm³/mol. The number of nitrogens with one attached hydrogen (secondary N) is 3. The van der Waals surface area contributed by atoms with Gasteiger partial charge in [-0.05, 0) is 105 Å². The number of oxazole rings is 1. The highest BCUT2D eigenvalue weighted by Gasteiger charge is 2.45. The van der Waals surface area contributed by atoms with Crippen molar-refractivity contribution in [2.45, 2.75) is 76.7 Å². The number of nitrogens with two attached hydrogens (primary N) is 1. The summed E-state index contributed by atoms with van der Waals surface area (Å²) in [6.07, 6.45) is 13.0. The number of hydrogen-bond donors (Lipinski definition) is 4. The van der Waals surface area contributed by atoms with Gasteiger partial charge in [0, 0.05) is 37.9 Å². The Morgan fingerprint density at radius 3 is 2.48 bits per heavy atom. The van der Waals surface area contributed by atoms with Gasteiger partial charge in [-0.25, -0.2) is 14.6 Å². The molecule has 8 rings (SSSR count). The number of benzene rings is 2. The Labute approximate surface area is 356 Å². The average Bonchev–Trinajstić information content (AvgIpc) is 3.67. The number of primary amides is 1. The van der Waals surface area contributed by atoms with Gasteiger partial charge in [0.25, 0.3) is 23.6 Å². The average molecular weight is 842 g/mol. The van der Waals surface area contributed by atoms with Crippen LogP contribution in [0.1, 0.15) is 111 Å². The number of aromatic nitrogens is 4. The summed E-state index contributed by atoms with van der Waals surface area (Å²) in [6.45, 7) is 2.07. The Bertz CT molecular complexity index is 2510. The number of fused-ring (bicyclic) bond motifs is 1. The van der Waals surface area contributed by atoms with E-state index in [2.05, 4.69) is 31.0 Å². The number of imide groups is 2. The lowest BCUT2D eigenvalue weighted by Gasteiger charge is -2.27. The Hall–Kier alpha value is -7.01. The van der Waals surface area contributed by atoms with Crippen LogP contribution < -0.4 is 21.7 Å². The van der Waals surface area contributed by atoms with Gasteiger partial charge in [-0.2, -0.15) is 5.10 Å². The minimum Gasteiger partial charge on any atom is -0.444 e. The van der Waals surface area contributed by atoms with Gasteiger partial charge in [-0.3, -0.25) is 39.0 Å². The molecule has 1 saturated heterocycles. The lowest BCUT2D eigenvalue weighted by atomic mass is 9.98. The minimum atomic E-state index is -0.984. The van der Waals surface area contributed by atoms with Gasteiger partial charge in [0.1, 0.15) is 18.1 Å². The van der Waals surface area contributed by atoms with Crippen molar-refractivity contribution in [3.05, 3.63) is 107 Å². The first-order valence-electron chi connectivity index (χ1n) is 21.0. The van der Waals surface area contributed by atoms with Gasteiger partial charge in [-0.15, -0.1) is 0 Å². The van der Waals surface area contributed by atoms with E-state index in [1.165, 1.54) is 30.0 Å². The van der Waals surface area contributed by atoms with Crippen LogP contribution in [0.5, 0.6) is 0 Å². The van der Waals surface area contributed by atoms with Gasteiger partial charge in [-0.1, -0.05) is 30.7 Å². The summed E-state index contributed by atoms with van der Waals surface area (Å²) in [5.41, 5.74) is 9.59. The molecule has 5 heterocycles. The molecule has 17 heteroatoms. The molecule has 0 radical (unpaired) electrons. The number of carbonyl (C=O) groups excluding carboxylic acids is 6. The molecule has 1 unspecified atom stereocenters. The first-order chi connectivity index (χ1) is 30.1. The molecule has 320 valence electrons. The van der Waals surface area contributed by atoms with Gasteiger partial charge in [0.15, 0.2) is 11.4 Å². The minimum absolute atomic E-state index is 0.0221. The number of nitrogens with zero attached hydrogens (tertiary/aromatic N) is 5. The van der Waals surface area contributed by atoms with E-state index in [9.17, 15) is 28.8 Å². The van der Waals surface area contributed by atoms with E-state index < -0.39 is 41.5 Å². The van der Waals surface area contributed by atoms with E-state index in [1.54, 1.807) is 24.4 Å². The fourth-order valence-corrected chi connectivity index (χ4v) is 7.65. The van der Waals surface area contributed by atoms with Crippen LogP contribution >= 0.6 is 0 Å². The molecule has 1 atom stereocenters. The lowest BCUT2D eigenvalue weighted by Crippen LogP contribution is -2.54. The molecule has 5 N–H and O–H groups in total. The second-order valence-electron chi connectivity index (χ2n) is 15.8. The second kappa shape index (κ2) is 18.7. The van der Waals surface area contributed by atoms with Crippen molar-refractivity contribution in [1.82, 2.24) is 30.0 Å². The van der Waals surface area contributed by atoms with E-state index in [-0.39, 0.29) is 35.8 Å². The highest BCUT2D eigenvalue weighted by molar-refractivity contribution is 6.24. The predicted octanol–water partition coefficient (Wildman–Crippen LogP) is 5.25. The van der Waals surface area contributed by atoms with Gasteiger partial charge >= 0.3 is 0 Å². The summed E-state index contributed by atoms with van der Waals surface area (Å²) in [4.78, 5) is 85.6. The monoisotopic (exact) mass is 841 g/mol. The van der Waals surface area contributed by atoms with Gasteiger partial charge in [0.05, 0.1) is 28.7 Å². The first kappa shape index (κ1) is 41.7. The van der Waals surface area contributed by atoms with Crippen molar-refractivity contribution < 1.29 is 37.9 Å². The number of piperidine rings is 1. The van der Waals surface area contributed by atoms with Crippen molar-refractivity contribution in [3.63, 3.8) is 0 Å². The molecular weight excluding hydrogens is 795 g/mol. The standard InChI is InChI=1S/C45H47N9O8/c46-40(56)39-33(49-41(57)34-26-62-43(50-34)30-19-20-47-36(23-30)48-24-28-11-12-28)25-53(52-39)31-15-13-27(14-16-31)7-2-1-4-21-61-22-5-3-8-29-9-6-10-32-38(29)45(60)54(44(32)59)35-17-18-37(55)51-42(35)58/h6,9-10,13-16,19-20,23,25-26,28,35H,1-5,7-8,11-12,17-18,21-22,24H2,(H2,46,56)(H,47,48)(H,49,57)(H,51,55,58). The Balaban J connectivity index is 0.745. The van der Waals surface area contributed by atoms with Crippen LogP contribution in [0.4, 0.5) is 11.5 Å². The van der Waals surface area contributed by atoms with Crippen LogP contribution in [-0.2, 0) is 27.2 Å². The van der Waals surface area contributed by atoms with E-state index in [0.29, 0.717) is 53.7 Å². The molecule has 1 saturated carbocycles. The number of carbonyl (C=O) groups is 6. The molecule has 5 aromatic rings. The second-order valence-corrected chi connectivity index (χ2v) is 15.8. The topological polar surface area (TPSA) is 234 Å². The van der Waals surface area contributed by atoms with Gasteiger partial charge in [0.2, 0.25) is 17.7 Å². The number of amides is 6. The van der Waals surface area contributed by atoms with Crippen LogP contribution in [0.3, 0.4) is 0 Å². The molecule has 2 aliphatic heterocycles. The quantitative estimate of drug-likeness (QED) is 0.0581. The van der Waals surface area contributed by atoms with E-state index in [1.807, 2.05) is 36.4 Å². The third-order valence-electron chi connectivity index (χ3n) is 11.2. The largest absolute Gasteiger partial charge is 0.444 e. The Morgan fingerprint density at radius 2 is 1.71 bits per heavy atom. The normalized spacial score (nSPS) is 16.1. The summed E-state index contributed by atoms with van der Waals surface area (Å²) >= 11 is 0. The van der Waals surface area contributed by atoms with Crippen LogP contribution in [0, 0.1) is 5.92 Å². The summed E-state index contributed by atoms with van der Waals surface area (Å²) < 4.78 is 13.0. The molecule has 2 fully saturated rings. The third-order valence-corrected chi connectivity index (χ3v) is 11.2. The number of aryl methyl sites for hydroxylation is 2. The number of unbranched alkanes of at least 4 members (excludes halogenated alkanes) is 3. The Morgan fingerprint density at radius 1 is 0.919 bits per heavy atom. The zero-order valence-corrected chi connectivity index (χ0v) is 34.1. The molecular formula is C45H47N9O8. The van der Waals surface area contributed by atoms with Crippen molar-refractivity contribution in [3.8, 4) is 17.1 Å². The van der Waals surface area contributed by atoms with Crippen molar-refractivity contribution in [1.29, 1.82) is 0 Å². The zero-order chi connectivity index (χ0) is 43.2. The maximum atomic E-state index is 13.3. The Kier molecular flexibility index (Phi) is 12.6. The van der Waals surface area contributed by atoms with Crippen LogP contribution in [0.2, 0.25) is 0 Å². The fourth-order valence-electron chi connectivity index (χ4n) is 7.65. The summed E-state index contributed by atoms with van der Waals surface area (Å²) in [5.74, 6) is -1.75. The molecule has 0 spiro atoms. The highest BCUT2D eigenvalue weighted by atomic mass is 16.5. The molecule has 6 amide bonds. The molecule has 62 heavy (non-hydrogen) atoms. The molecule has 3 aliphatic rings. The van der Waals surface area contributed by atoms with Crippen LogP contribution in [-0.4, -0.2) is 85.9 Å². The zero-order valence-electron chi connectivity index (χ0n) is 34.1. The van der Waals surface area contributed by atoms with Crippen molar-refractivity contribution in [2.75, 3.05) is 30.4 Å². The molecule has 2 aromatic carbocycles. The number of hydrogen-bond acceptors (Lipinski definition) is 12. The number of anilines is 2. The number of rotatable bonds is 20. The summed E-state index contributed by atoms with van der Waals surface area (Å²) in [5, 5.41) is 12.6. The SMILES string of the molecule is NC(=O)c1nn(-c2ccc(CCCCCOCCCCc3cccc4c3C(=O)N(C3CCC(=O)NC3=O)C4=O)cc2)cc1NC(=O)c1coc(-c2ccnc(NCC3CC3)c2)n1. The first-order valence-corrected chi connectivity index (χ1v) is 21.0. The summed E-state index contributed by atoms with van der Waals surface area (Å²) in [6, 6.07) is 15.6. The maximum Gasteiger partial charge on any atom is 0.277 e. The molecule has 17 nitrogen and oxygen atoms in total. The van der Waals surface area contributed by atoms with Gasteiger partial charge < -0.3 is 25.5 Å². The third kappa shape index (κ3) is 9.62. The lowest BCUT2D eigenvalue weighted by molar-refractivity contribution is -0.136. The smallest absolute Gasteiger partial charge is 0.277 e.